The van der Waals surface area contributed by atoms with E-state index in [1.807, 2.05) is 18.2 Å². The molecular formula is C12H9Br2NO. The molecule has 0 radical (unpaired) electrons. The summed E-state index contributed by atoms with van der Waals surface area (Å²) in [6, 6.07) is 5.75. The Labute approximate surface area is 111 Å². The summed E-state index contributed by atoms with van der Waals surface area (Å²) in [6.45, 7) is 0.602. The third-order valence-corrected chi connectivity index (χ3v) is 3.72. The van der Waals surface area contributed by atoms with Crippen molar-refractivity contribution in [3.05, 3.63) is 27.1 Å². The van der Waals surface area contributed by atoms with Gasteiger partial charge in [-0.15, -0.1) is 12.3 Å². The van der Waals surface area contributed by atoms with Gasteiger partial charge in [-0.3, -0.25) is 4.79 Å². The first-order valence-electron chi connectivity index (χ1n) is 4.83. The Morgan fingerprint density at radius 2 is 2.19 bits per heavy atom. The van der Waals surface area contributed by atoms with Gasteiger partial charge in [-0.05, 0) is 34.1 Å². The molecule has 1 saturated heterocycles. The lowest BCUT2D eigenvalue weighted by molar-refractivity contribution is -0.117. The minimum Gasteiger partial charge on any atom is -0.310 e. The van der Waals surface area contributed by atoms with E-state index in [2.05, 4.69) is 37.8 Å². The molecule has 1 aliphatic heterocycles. The zero-order valence-corrected chi connectivity index (χ0v) is 11.6. The van der Waals surface area contributed by atoms with Gasteiger partial charge in [-0.25, -0.2) is 0 Å². The average molecular weight is 343 g/mol. The van der Waals surface area contributed by atoms with E-state index in [1.165, 1.54) is 0 Å². The van der Waals surface area contributed by atoms with Crippen molar-refractivity contribution < 1.29 is 4.79 Å². The van der Waals surface area contributed by atoms with Crippen LogP contribution < -0.4 is 4.90 Å². The van der Waals surface area contributed by atoms with E-state index in [0.29, 0.717) is 13.0 Å². The van der Waals surface area contributed by atoms with Gasteiger partial charge < -0.3 is 4.90 Å². The molecule has 1 unspecified atom stereocenters. The summed E-state index contributed by atoms with van der Waals surface area (Å²) in [5, 5.41) is 0. The number of amides is 1. The molecule has 82 valence electrons. The van der Waals surface area contributed by atoms with E-state index in [9.17, 15) is 4.79 Å². The largest absolute Gasteiger partial charge is 0.310 e. The molecule has 1 amide bonds. The maximum atomic E-state index is 11.8. The fraction of sp³-hybridized carbons (Fsp3) is 0.250. The van der Waals surface area contributed by atoms with E-state index in [1.54, 1.807) is 4.90 Å². The van der Waals surface area contributed by atoms with Crippen molar-refractivity contribution in [2.24, 2.45) is 5.92 Å². The molecule has 2 nitrogen and oxygen atoms in total. The minimum absolute atomic E-state index is 0.0263. The third-order valence-electron chi connectivity index (χ3n) is 2.56. The van der Waals surface area contributed by atoms with Crippen molar-refractivity contribution in [2.75, 3.05) is 11.4 Å². The fourth-order valence-corrected chi connectivity index (χ4v) is 2.55. The number of rotatable bonds is 1. The molecule has 1 fully saturated rings. The smallest absolute Gasteiger partial charge is 0.228 e. The van der Waals surface area contributed by atoms with E-state index < -0.39 is 0 Å². The second kappa shape index (κ2) is 4.60. The summed E-state index contributed by atoms with van der Waals surface area (Å²) in [5.74, 6) is 2.75. The maximum Gasteiger partial charge on any atom is 0.228 e. The van der Waals surface area contributed by atoms with Crippen LogP contribution in [0.2, 0.25) is 0 Å². The van der Waals surface area contributed by atoms with E-state index >= 15 is 0 Å². The number of halogens is 2. The van der Waals surface area contributed by atoms with Gasteiger partial charge in [0.15, 0.2) is 0 Å². The lowest BCUT2D eigenvalue weighted by Crippen LogP contribution is -2.24. The molecule has 1 heterocycles. The molecule has 0 bridgehead atoms. The van der Waals surface area contributed by atoms with Gasteiger partial charge in [0, 0.05) is 27.8 Å². The molecule has 1 atom stereocenters. The maximum absolute atomic E-state index is 11.8. The van der Waals surface area contributed by atoms with Crippen LogP contribution in [0.1, 0.15) is 6.42 Å². The summed E-state index contributed by atoms with van der Waals surface area (Å²) >= 11 is 6.84. The Kier molecular flexibility index (Phi) is 3.36. The van der Waals surface area contributed by atoms with Crippen LogP contribution in [-0.2, 0) is 4.79 Å². The molecule has 0 aromatic heterocycles. The van der Waals surface area contributed by atoms with Crippen molar-refractivity contribution in [1.82, 2.24) is 0 Å². The van der Waals surface area contributed by atoms with Crippen molar-refractivity contribution in [2.45, 2.75) is 6.42 Å². The molecule has 1 aromatic carbocycles. The monoisotopic (exact) mass is 341 g/mol. The Balaban J connectivity index is 2.35. The van der Waals surface area contributed by atoms with Crippen LogP contribution in [-0.4, -0.2) is 12.5 Å². The molecule has 2 rings (SSSR count). The van der Waals surface area contributed by atoms with Gasteiger partial charge in [0.25, 0.3) is 0 Å². The lowest BCUT2D eigenvalue weighted by atomic mass is 10.1. The van der Waals surface area contributed by atoms with Gasteiger partial charge >= 0.3 is 0 Å². The van der Waals surface area contributed by atoms with Crippen LogP contribution in [0.4, 0.5) is 5.69 Å². The second-order valence-corrected chi connectivity index (χ2v) is 5.44. The summed E-state index contributed by atoms with van der Waals surface area (Å²) in [7, 11) is 0. The highest BCUT2D eigenvalue weighted by Gasteiger charge is 2.30. The summed E-state index contributed by atoms with van der Waals surface area (Å²) in [4.78, 5) is 13.5. The van der Waals surface area contributed by atoms with E-state index in [-0.39, 0.29) is 11.8 Å². The van der Waals surface area contributed by atoms with Crippen LogP contribution >= 0.6 is 31.9 Å². The van der Waals surface area contributed by atoms with Crippen LogP contribution in [0, 0.1) is 18.3 Å². The number of benzene rings is 1. The Bertz CT molecular complexity index is 478. The standard InChI is InChI=1S/C12H9Br2NO/c1-2-8-5-12(16)15(7-8)11-6-9(13)3-4-10(11)14/h1,3-4,6,8H,5,7H2. The first kappa shape index (κ1) is 11.7. The predicted octanol–water partition coefficient (Wildman–Crippen LogP) is 3.20. The highest BCUT2D eigenvalue weighted by Crippen LogP contribution is 2.33. The number of hydrogen-bond acceptors (Lipinski definition) is 1. The van der Waals surface area contributed by atoms with Gasteiger partial charge in [0.05, 0.1) is 5.69 Å². The molecule has 16 heavy (non-hydrogen) atoms. The van der Waals surface area contributed by atoms with E-state index in [0.717, 1.165) is 14.6 Å². The topological polar surface area (TPSA) is 20.3 Å². The normalized spacial score (nSPS) is 19.9. The Morgan fingerprint density at radius 3 is 2.81 bits per heavy atom. The lowest BCUT2D eigenvalue weighted by Gasteiger charge is -2.17. The first-order valence-corrected chi connectivity index (χ1v) is 6.42. The molecule has 0 spiro atoms. The van der Waals surface area contributed by atoms with Crippen molar-refractivity contribution in [3.63, 3.8) is 0 Å². The summed E-state index contributed by atoms with van der Waals surface area (Å²) in [5.41, 5.74) is 0.872. The highest BCUT2D eigenvalue weighted by molar-refractivity contribution is 9.11. The zero-order chi connectivity index (χ0) is 11.7. The number of hydrogen-bond donors (Lipinski definition) is 0. The predicted molar refractivity (Wildman–Crippen MR) is 71.1 cm³/mol. The van der Waals surface area contributed by atoms with Crippen LogP contribution in [0.25, 0.3) is 0 Å². The van der Waals surface area contributed by atoms with Gasteiger partial charge in [-0.2, -0.15) is 0 Å². The molecule has 4 heteroatoms. The Hall–Kier alpha value is -0.790. The van der Waals surface area contributed by atoms with Crippen LogP contribution in [0.3, 0.4) is 0 Å². The van der Waals surface area contributed by atoms with Gasteiger partial charge in [-0.1, -0.05) is 15.9 Å². The van der Waals surface area contributed by atoms with Crippen molar-refractivity contribution in [1.29, 1.82) is 0 Å². The molecular weight excluding hydrogens is 334 g/mol. The fourth-order valence-electron chi connectivity index (χ4n) is 1.74. The van der Waals surface area contributed by atoms with Crippen LogP contribution in [0.15, 0.2) is 27.1 Å². The van der Waals surface area contributed by atoms with Gasteiger partial charge in [0.2, 0.25) is 5.91 Å². The van der Waals surface area contributed by atoms with Crippen LogP contribution in [0.5, 0.6) is 0 Å². The minimum atomic E-state index is 0.0263. The quantitative estimate of drug-likeness (QED) is 0.718. The molecule has 0 saturated carbocycles. The SMILES string of the molecule is C#CC1CC(=O)N(c2cc(Br)ccc2Br)C1. The zero-order valence-electron chi connectivity index (χ0n) is 8.41. The van der Waals surface area contributed by atoms with Gasteiger partial charge in [0.1, 0.15) is 0 Å². The van der Waals surface area contributed by atoms with E-state index in [4.69, 9.17) is 6.42 Å². The Morgan fingerprint density at radius 1 is 1.44 bits per heavy atom. The summed E-state index contributed by atoms with van der Waals surface area (Å²) in [6.07, 6.45) is 5.79. The number of carbonyl (C=O) groups is 1. The number of terminal acetylenes is 1. The summed E-state index contributed by atoms with van der Waals surface area (Å²) < 4.78 is 1.85. The number of anilines is 1. The molecule has 0 N–H and O–H groups in total. The highest BCUT2D eigenvalue weighted by atomic mass is 79.9. The number of nitrogens with zero attached hydrogens (tertiary/aromatic N) is 1. The van der Waals surface area contributed by atoms with Crippen molar-refractivity contribution in [3.8, 4) is 12.3 Å². The second-order valence-electron chi connectivity index (χ2n) is 3.67. The number of carbonyl (C=O) groups excluding carboxylic acids is 1. The average Bonchev–Trinajstić information content (AvgIpc) is 2.63. The molecule has 0 aliphatic carbocycles. The third kappa shape index (κ3) is 2.16. The first-order chi connectivity index (χ1) is 7.61. The van der Waals surface area contributed by atoms with Crippen molar-refractivity contribution >= 4 is 43.5 Å². The molecule has 1 aromatic rings. The molecule has 1 aliphatic rings.